The molecule has 0 bridgehead atoms. The van der Waals surface area contributed by atoms with Crippen molar-refractivity contribution in [3.63, 3.8) is 0 Å². The molecule has 1 aliphatic heterocycles. The number of rotatable bonds is 2. The first kappa shape index (κ1) is 18.8. The third-order valence-electron chi connectivity index (χ3n) is 5.41. The van der Waals surface area contributed by atoms with E-state index in [4.69, 9.17) is 4.42 Å². The highest BCUT2D eigenvalue weighted by atomic mass is 79.9. The van der Waals surface area contributed by atoms with Crippen LogP contribution in [0.25, 0.3) is 11.3 Å². The summed E-state index contributed by atoms with van der Waals surface area (Å²) < 4.78 is 7.12. The van der Waals surface area contributed by atoms with Gasteiger partial charge < -0.3 is 9.73 Å². The number of furan rings is 1. The molecule has 1 unspecified atom stereocenters. The Morgan fingerprint density at radius 3 is 2.68 bits per heavy atom. The Labute approximate surface area is 173 Å². The Morgan fingerprint density at radius 1 is 1.21 bits per heavy atom. The lowest BCUT2D eigenvalue weighted by atomic mass is 9.70. The van der Waals surface area contributed by atoms with Gasteiger partial charge in [-0.1, -0.05) is 48.0 Å². The molecule has 2 heterocycles. The molecule has 0 spiro atoms. The van der Waals surface area contributed by atoms with E-state index in [9.17, 15) is 10.1 Å². The predicted octanol–water partition coefficient (Wildman–Crippen LogP) is 5.84. The number of allylic oxidation sites excluding steroid dienone is 4. The largest absolute Gasteiger partial charge is 0.460 e. The van der Waals surface area contributed by atoms with Gasteiger partial charge in [-0.05, 0) is 37.0 Å². The van der Waals surface area contributed by atoms with E-state index in [1.54, 1.807) is 0 Å². The number of ketones is 1. The smallest absolute Gasteiger partial charge is 0.162 e. The quantitative estimate of drug-likeness (QED) is 0.642. The molecule has 0 radical (unpaired) electrons. The third-order valence-corrected chi connectivity index (χ3v) is 6.10. The third kappa shape index (κ3) is 3.12. The van der Waals surface area contributed by atoms with Crippen LogP contribution in [0.1, 0.15) is 45.3 Å². The molecule has 142 valence electrons. The minimum Gasteiger partial charge on any atom is -0.460 e. The van der Waals surface area contributed by atoms with Crippen LogP contribution >= 0.6 is 15.9 Å². The fourth-order valence-electron chi connectivity index (χ4n) is 4.18. The summed E-state index contributed by atoms with van der Waals surface area (Å²) >= 11 is 3.56. The van der Waals surface area contributed by atoms with E-state index in [1.165, 1.54) is 0 Å². The predicted molar refractivity (Wildman–Crippen MR) is 111 cm³/mol. The molecule has 0 fully saturated rings. The van der Waals surface area contributed by atoms with E-state index in [1.807, 2.05) is 43.3 Å². The van der Waals surface area contributed by atoms with Crippen LogP contribution in [0.2, 0.25) is 0 Å². The van der Waals surface area contributed by atoms with E-state index in [0.29, 0.717) is 29.1 Å². The Balaban J connectivity index is 1.84. The van der Waals surface area contributed by atoms with Crippen molar-refractivity contribution in [1.82, 2.24) is 5.32 Å². The van der Waals surface area contributed by atoms with Gasteiger partial charge in [-0.3, -0.25) is 4.79 Å². The number of benzene rings is 1. The van der Waals surface area contributed by atoms with E-state index in [0.717, 1.165) is 27.9 Å². The molecule has 0 amide bonds. The van der Waals surface area contributed by atoms with Gasteiger partial charge in [0.25, 0.3) is 0 Å². The van der Waals surface area contributed by atoms with Gasteiger partial charge in [0.2, 0.25) is 0 Å². The van der Waals surface area contributed by atoms with Crippen LogP contribution in [0.4, 0.5) is 0 Å². The Bertz CT molecular complexity index is 1080. The molecule has 0 saturated heterocycles. The number of halogens is 1. The molecule has 1 aliphatic carbocycles. The second-order valence-corrected chi connectivity index (χ2v) is 9.08. The molecule has 4 nitrogen and oxygen atoms in total. The van der Waals surface area contributed by atoms with Crippen molar-refractivity contribution < 1.29 is 9.21 Å². The van der Waals surface area contributed by atoms with Crippen LogP contribution in [0, 0.1) is 16.7 Å². The molecule has 0 saturated carbocycles. The number of nitrogens with one attached hydrogen (secondary N) is 1. The van der Waals surface area contributed by atoms with Crippen molar-refractivity contribution in [2.45, 2.75) is 39.5 Å². The maximum Gasteiger partial charge on any atom is 0.162 e. The molecule has 1 aromatic heterocycles. The number of Topliss-reactive ketones (excluding diaryl/α,β-unsaturated/α-hetero) is 1. The summed E-state index contributed by atoms with van der Waals surface area (Å²) in [6.07, 6.45) is 1.25. The molecule has 4 rings (SSSR count). The zero-order valence-electron chi connectivity index (χ0n) is 16.1. The van der Waals surface area contributed by atoms with E-state index in [2.05, 4.69) is 41.2 Å². The maximum absolute atomic E-state index is 13.0. The van der Waals surface area contributed by atoms with Crippen molar-refractivity contribution in [3.05, 3.63) is 69.2 Å². The molecular formula is C23H21BrN2O2. The number of carbonyl (C=O) groups is 1. The number of nitrogens with zero attached hydrogens (tertiary/aromatic N) is 1. The van der Waals surface area contributed by atoms with Gasteiger partial charge in [-0.25, -0.2) is 0 Å². The monoisotopic (exact) mass is 436 g/mol. The van der Waals surface area contributed by atoms with Crippen LogP contribution in [0.3, 0.4) is 0 Å². The topological polar surface area (TPSA) is 66.0 Å². The van der Waals surface area contributed by atoms with Gasteiger partial charge in [0, 0.05) is 33.4 Å². The standard InChI is InChI=1S/C23H21BrN2O2/c1-13-15(12-25)21(22-17(26-13)10-23(2,3)11-18(22)27)20-9-8-19(28-20)14-6-4-5-7-16(14)24/h4-9,21,26H,10-11H2,1-3H3. The summed E-state index contributed by atoms with van der Waals surface area (Å²) in [6.45, 7) is 6.09. The van der Waals surface area contributed by atoms with Crippen LogP contribution in [-0.2, 0) is 4.79 Å². The van der Waals surface area contributed by atoms with Crippen LogP contribution < -0.4 is 5.32 Å². The van der Waals surface area contributed by atoms with Gasteiger partial charge in [-0.2, -0.15) is 5.26 Å². The van der Waals surface area contributed by atoms with Crippen LogP contribution in [0.15, 0.2) is 67.8 Å². The van der Waals surface area contributed by atoms with Gasteiger partial charge >= 0.3 is 0 Å². The lowest BCUT2D eigenvalue weighted by Gasteiger charge is -2.38. The first-order valence-corrected chi connectivity index (χ1v) is 10.1. The normalized spacial score (nSPS) is 21.2. The lowest BCUT2D eigenvalue weighted by Crippen LogP contribution is -2.36. The Kier molecular flexibility index (Phi) is 4.55. The van der Waals surface area contributed by atoms with Crippen molar-refractivity contribution >= 4 is 21.7 Å². The highest BCUT2D eigenvalue weighted by Crippen LogP contribution is 2.47. The maximum atomic E-state index is 13.0. The molecule has 28 heavy (non-hydrogen) atoms. The fraction of sp³-hybridized carbons (Fsp3) is 0.304. The number of carbonyl (C=O) groups excluding carboxylic acids is 1. The van der Waals surface area contributed by atoms with E-state index < -0.39 is 5.92 Å². The summed E-state index contributed by atoms with van der Waals surface area (Å²) in [4.78, 5) is 13.0. The van der Waals surface area contributed by atoms with Crippen molar-refractivity contribution in [1.29, 1.82) is 5.26 Å². The zero-order chi connectivity index (χ0) is 20.1. The first-order valence-electron chi connectivity index (χ1n) is 9.29. The highest BCUT2D eigenvalue weighted by Gasteiger charge is 2.42. The second kappa shape index (κ2) is 6.79. The number of nitriles is 1. The molecular weight excluding hydrogens is 416 g/mol. The van der Waals surface area contributed by atoms with E-state index in [-0.39, 0.29) is 11.2 Å². The summed E-state index contributed by atoms with van der Waals surface area (Å²) in [6, 6.07) is 13.9. The molecule has 1 atom stereocenters. The Morgan fingerprint density at radius 2 is 1.96 bits per heavy atom. The zero-order valence-corrected chi connectivity index (χ0v) is 17.7. The van der Waals surface area contributed by atoms with E-state index >= 15 is 0 Å². The summed E-state index contributed by atoms with van der Waals surface area (Å²) in [5.41, 5.74) is 3.76. The minimum absolute atomic E-state index is 0.0860. The SMILES string of the molecule is CC1=C(C#N)C(c2ccc(-c3ccccc3Br)o2)C2=C(CC(C)(C)CC2=O)N1. The fourth-order valence-corrected chi connectivity index (χ4v) is 4.66. The van der Waals surface area contributed by atoms with Gasteiger partial charge in [-0.15, -0.1) is 0 Å². The summed E-state index contributed by atoms with van der Waals surface area (Å²) in [5.74, 6) is 0.967. The van der Waals surface area contributed by atoms with Crippen molar-refractivity contribution in [2.75, 3.05) is 0 Å². The molecule has 1 aromatic carbocycles. The molecule has 2 aliphatic rings. The minimum atomic E-state index is -0.457. The van der Waals surface area contributed by atoms with Crippen molar-refractivity contribution in [2.24, 2.45) is 5.41 Å². The number of dihydropyridines is 1. The highest BCUT2D eigenvalue weighted by molar-refractivity contribution is 9.10. The van der Waals surface area contributed by atoms with Gasteiger partial charge in [0.1, 0.15) is 11.5 Å². The summed E-state index contributed by atoms with van der Waals surface area (Å²) in [7, 11) is 0. The van der Waals surface area contributed by atoms with Crippen LogP contribution in [0.5, 0.6) is 0 Å². The van der Waals surface area contributed by atoms with Crippen molar-refractivity contribution in [3.8, 4) is 17.4 Å². The van der Waals surface area contributed by atoms with Crippen LogP contribution in [-0.4, -0.2) is 5.78 Å². The summed E-state index contributed by atoms with van der Waals surface area (Å²) in [5, 5.41) is 13.1. The van der Waals surface area contributed by atoms with Gasteiger partial charge in [0.05, 0.1) is 17.6 Å². The second-order valence-electron chi connectivity index (χ2n) is 8.22. The molecule has 2 aromatic rings. The molecule has 5 heteroatoms. The lowest BCUT2D eigenvalue weighted by molar-refractivity contribution is -0.118. The number of hydrogen-bond donors (Lipinski definition) is 1. The Hall–Kier alpha value is -2.58. The first-order chi connectivity index (χ1) is 13.3. The van der Waals surface area contributed by atoms with Gasteiger partial charge in [0.15, 0.2) is 5.78 Å². The number of hydrogen-bond acceptors (Lipinski definition) is 4. The molecule has 1 N–H and O–H groups in total. The average molecular weight is 437 g/mol. The average Bonchev–Trinajstić information content (AvgIpc) is 3.09.